The summed E-state index contributed by atoms with van der Waals surface area (Å²) in [6.07, 6.45) is 0. The number of anilines is 2. The van der Waals surface area contributed by atoms with Gasteiger partial charge in [-0.1, -0.05) is 34.8 Å². The number of nitrogen functional groups attached to an aromatic ring is 1. The summed E-state index contributed by atoms with van der Waals surface area (Å²) in [5.41, 5.74) is 5.97. The summed E-state index contributed by atoms with van der Waals surface area (Å²) >= 11 is 17.6. The summed E-state index contributed by atoms with van der Waals surface area (Å²) in [4.78, 5) is 12.0. The number of nitrogens with one attached hydrogen (secondary N) is 1. The number of carbonyl (C=O) groups is 1. The second-order valence-corrected chi connectivity index (χ2v) is 5.20. The van der Waals surface area contributed by atoms with E-state index in [1.165, 1.54) is 18.2 Å². The Morgan fingerprint density at radius 2 is 1.65 bits per heavy atom. The van der Waals surface area contributed by atoms with Gasteiger partial charge in [0.2, 0.25) is 0 Å². The van der Waals surface area contributed by atoms with Gasteiger partial charge in [-0.15, -0.1) is 0 Å². The average molecular weight is 334 g/mol. The van der Waals surface area contributed by atoms with Crippen LogP contribution in [0.2, 0.25) is 15.1 Å². The van der Waals surface area contributed by atoms with Crippen molar-refractivity contribution in [2.75, 3.05) is 11.1 Å². The molecule has 3 nitrogen and oxygen atoms in total. The van der Waals surface area contributed by atoms with Gasteiger partial charge in [0, 0.05) is 11.3 Å². The number of carbonyl (C=O) groups excluding carboxylic acids is 1. The third-order valence-electron chi connectivity index (χ3n) is 2.44. The molecular weight excluding hydrogens is 326 g/mol. The summed E-state index contributed by atoms with van der Waals surface area (Å²) < 4.78 is 13.2. The van der Waals surface area contributed by atoms with Gasteiger partial charge in [-0.05, 0) is 30.3 Å². The summed E-state index contributed by atoms with van der Waals surface area (Å²) in [5.74, 6) is -1.16. The van der Waals surface area contributed by atoms with E-state index in [9.17, 15) is 9.18 Å². The molecule has 2 aromatic rings. The Morgan fingerprint density at radius 3 is 2.30 bits per heavy atom. The number of amides is 1. The predicted octanol–water partition coefficient (Wildman–Crippen LogP) is 4.62. The smallest absolute Gasteiger partial charge is 0.255 e. The van der Waals surface area contributed by atoms with Gasteiger partial charge in [-0.3, -0.25) is 4.79 Å². The molecule has 0 aromatic heterocycles. The largest absolute Gasteiger partial charge is 0.399 e. The van der Waals surface area contributed by atoms with E-state index >= 15 is 0 Å². The highest BCUT2D eigenvalue weighted by Gasteiger charge is 2.12. The zero-order chi connectivity index (χ0) is 14.9. The zero-order valence-corrected chi connectivity index (χ0v) is 12.2. The van der Waals surface area contributed by atoms with Crippen molar-refractivity contribution in [1.82, 2.24) is 0 Å². The topological polar surface area (TPSA) is 55.1 Å². The van der Waals surface area contributed by atoms with Crippen molar-refractivity contribution in [2.24, 2.45) is 0 Å². The molecule has 0 aliphatic heterocycles. The number of rotatable bonds is 2. The van der Waals surface area contributed by atoms with Crippen LogP contribution in [0.25, 0.3) is 0 Å². The standard InChI is InChI=1S/C13H8Cl3FN2O/c14-9-4-11(16)12(5-10(9)15)19-13(20)6-1-7(17)3-8(18)2-6/h1-5H,18H2,(H,19,20). The Balaban J connectivity index is 2.30. The highest BCUT2D eigenvalue weighted by molar-refractivity contribution is 6.44. The number of hydrogen-bond donors (Lipinski definition) is 2. The first kappa shape index (κ1) is 14.9. The van der Waals surface area contributed by atoms with Crippen LogP contribution in [0.15, 0.2) is 30.3 Å². The number of nitrogens with two attached hydrogens (primary N) is 1. The Labute approximate surface area is 129 Å². The van der Waals surface area contributed by atoms with Gasteiger partial charge in [-0.25, -0.2) is 4.39 Å². The predicted molar refractivity (Wildman–Crippen MR) is 80.2 cm³/mol. The highest BCUT2D eigenvalue weighted by Crippen LogP contribution is 2.32. The van der Waals surface area contributed by atoms with Crippen LogP contribution in [0.5, 0.6) is 0 Å². The second kappa shape index (κ2) is 5.87. The Morgan fingerprint density at radius 1 is 1.00 bits per heavy atom. The molecule has 20 heavy (non-hydrogen) atoms. The van der Waals surface area contributed by atoms with E-state index < -0.39 is 11.7 Å². The number of benzene rings is 2. The maximum atomic E-state index is 13.2. The third kappa shape index (κ3) is 3.33. The molecule has 0 fully saturated rings. The minimum absolute atomic E-state index is 0.0737. The lowest BCUT2D eigenvalue weighted by Crippen LogP contribution is -2.13. The van der Waals surface area contributed by atoms with Crippen molar-refractivity contribution in [3.05, 3.63) is 56.8 Å². The van der Waals surface area contributed by atoms with E-state index in [0.29, 0.717) is 0 Å². The fourth-order valence-corrected chi connectivity index (χ4v) is 2.15. The lowest BCUT2D eigenvalue weighted by Gasteiger charge is -2.09. The van der Waals surface area contributed by atoms with Crippen LogP contribution in [-0.2, 0) is 0 Å². The molecule has 104 valence electrons. The Bertz CT molecular complexity index is 671. The molecule has 0 unspecified atom stereocenters. The normalized spacial score (nSPS) is 10.4. The number of hydrogen-bond acceptors (Lipinski definition) is 2. The van der Waals surface area contributed by atoms with E-state index in [-0.39, 0.29) is 32.0 Å². The van der Waals surface area contributed by atoms with Crippen molar-refractivity contribution in [2.45, 2.75) is 0 Å². The molecule has 2 rings (SSSR count). The van der Waals surface area contributed by atoms with Gasteiger partial charge in [0.05, 0.1) is 20.8 Å². The van der Waals surface area contributed by atoms with Gasteiger partial charge >= 0.3 is 0 Å². The Hall–Kier alpha value is -1.49. The molecular formula is C13H8Cl3FN2O. The first-order chi connectivity index (χ1) is 9.36. The maximum absolute atomic E-state index is 13.2. The van der Waals surface area contributed by atoms with Crippen LogP contribution >= 0.6 is 34.8 Å². The molecule has 0 bridgehead atoms. The van der Waals surface area contributed by atoms with Crippen molar-refractivity contribution < 1.29 is 9.18 Å². The van der Waals surface area contributed by atoms with E-state index in [0.717, 1.165) is 12.1 Å². The molecule has 0 heterocycles. The summed E-state index contributed by atoms with van der Waals surface area (Å²) in [6.45, 7) is 0. The lowest BCUT2D eigenvalue weighted by molar-refractivity contribution is 0.102. The van der Waals surface area contributed by atoms with Gasteiger partial charge in [-0.2, -0.15) is 0 Å². The summed E-state index contributed by atoms with van der Waals surface area (Å²) in [5, 5.41) is 3.24. The van der Waals surface area contributed by atoms with Crippen molar-refractivity contribution in [1.29, 1.82) is 0 Å². The number of halogens is 4. The molecule has 0 spiro atoms. The van der Waals surface area contributed by atoms with Crippen molar-refractivity contribution in [3.8, 4) is 0 Å². The molecule has 3 N–H and O–H groups in total. The summed E-state index contributed by atoms with van der Waals surface area (Å²) in [7, 11) is 0. The summed E-state index contributed by atoms with van der Waals surface area (Å²) in [6, 6.07) is 6.34. The molecule has 2 aromatic carbocycles. The van der Waals surface area contributed by atoms with Crippen molar-refractivity contribution in [3.63, 3.8) is 0 Å². The van der Waals surface area contributed by atoms with Crippen molar-refractivity contribution >= 4 is 52.1 Å². The van der Waals surface area contributed by atoms with Gasteiger partial charge in [0.1, 0.15) is 5.82 Å². The van der Waals surface area contributed by atoms with E-state index in [1.807, 2.05) is 0 Å². The zero-order valence-electron chi connectivity index (χ0n) is 9.88. The minimum atomic E-state index is -0.601. The molecule has 0 atom stereocenters. The fraction of sp³-hybridized carbons (Fsp3) is 0. The first-order valence-electron chi connectivity index (χ1n) is 5.39. The molecule has 0 aliphatic rings. The fourth-order valence-electron chi connectivity index (χ4n) is 1.56. The maximum Gasteiger partial charge on any atom is 0.255 e. The van der Waals surface area contributed by atoms with Gasteiger partial charge in [0.25, 0.3) is 5.91 Å². The van der Waals surface area contributed by atoms with Gasteiger partial charge < -0.3 is 11.1 Å². The molecule has 7 heteroatoms. The van der Waals surface area contributed by atoms with Gasteiger partial charge in [0.15, 0.2) is 0 Å². The van der Waals surface area contributed by atoms with Crippen LogP contribution in [0.1, 0.15) is 10.4 Å². The van der Waals surface area contributed by atoms with Crippen LogP contribution in [0.4, 0.5) is 15.8 Å². The van der Waals surface area contributed by atoms with Crippen LogP contribution in [0, 0.1) is 5.82 Å². The third-order valence-corrected chi connectivity index (χ3v) is 3.48. The second-order valence-electron chi connectivity index (χ2n) is 3.97. The van der Waals surface area contributed by atoms with Crippen LogP contribution < -0.4 is 11.1 Å². The molecule has 0 radical (unpaired) electrons. The SMILES string of the molecule is Nc1cc(F)cc(C(=O)Nc2cc(Cl)c(Cl)cc2Cl)c1. The molecule has 1 amide bonds. The quantitative estimate of drug-likeness (QED) is 0.622. The van der Waals surface area contributed by atoms with E-state index in [1.54, 1.807) is 0 Å². The van der Waals surface area contributed by atoms with E-state index in [4.69, 9.17) is 40.5 Å². The lowest BCUT2D eigenvalue weighted by atomic mass is 10.1. The Kier molecular flexibility index (Phi) is 4.38. The van der Waals surface area contributed by atoms with Crippen LogP contribution in [0.3, 0.4) is 0 Å². The molecule has 0 saturated carbocycles. The monoisotopic (exact) mass is 332 g/mol. The van der Waals surface area contributed by atoms with E-state index in [2.05, 4.69) is 5.32 Å². The molecule has 0 saturated heterocycles. The first-order valence-corrected chi connectivity index (χ1v) is 6.52. The van der Waals surface area contributed by atoms with Crippen LogP contribution in [-0.4, -0.2) is 5.91 Å². The average Bonchev–Trinajstić information content (AvgIpc) is 2.34. The highest BCUT2D eigenvalue weighted by atomic mass is 35.5. The minimum Gasteiger partial charge on any atom is -0.399 e. The molecule has 0 aliphatic carbocycles.